The Morgan fingerprint density at radius 2 is 1.59 bits per heavy atom. The summed E-state index contributed by atoms with van der Waals surface area (Å²) in [5, 5.41) is 0. The molecule has 0 saturated heterocycles. The van der Waals surface area contributed by atoms with Crippen molar-refractivity contribution >= 4 is 32.2 Å². The van der Waals surface area contributed by atoms with Crippen LogP contribution in [0.1, 0.15) is 0 Å². The minimum Gasteiger partial charge on any atom is -0.487 e. The highest BCUT2D eigenvalue weighted by molar-refractivity contribution is 7.23. The van der Waals surface area contributed by atoms with Crippen LogP contribution in [0.4, 0.5) is 5.69 Å². The Bertz CT molecular complexity index is 1100. The number of hydrogen-bond donors (Lipinski definition) is 1. The van der Waals surface area contributed by atoms with Gasteiger partial charge < -0.3 is 24.7 Å². The molecule has 0 saturated carbocycles. The van der Waals surface area contributed by atoms with Gasteiger partial charge in [0, 0.05) is 43.8 Å². The number of nitrogens with two attached hydrogens (primary N) is 1. The molecule has 0 bridgehead atoms. The Morgan fingerprint density at radius 3 is 2.24 bits per heavy atom. The van der Waals surface area contributed by atoms with Crippen LogP contribution in [0.5, 0.6) is 11.5 Å². The number of fused-ring (bicyclic) bond motifs is 3. The standard InChI is InChI=1S/C21H23N3O4S/c1-25-7-9-27-18-11-17-20(12-19(18)28-10-8-26-2)29-21-23-16(13-24(17)21)14-3-5-15(22)6-4-14/h3-6,11-13H,7-10,22H2,1-2H3. The van der Waals surface area contributed by atoms with Crippen LogP contribution >= 0.6 is 11.3 Å². The first-order valence-electron chi connectivity index (χ1n) is 9.24. The topological polar surface area (TPSA) is 80.2 Å². The van der Waals surface area contributed by atoms with E-state index >= 15 is 0 Å². The molecule has 2 aromatic carbocycles. The maximum atomic E-state index is 5.91. The largest absolute Gasteiger partial charge is 0.487 e. The van der Waals surface area contributed by atoms with E-state index in [2.05, 4.69) is 4.40 Å². The Hall–Kier alpha value is -2.81. The zero-order chi connectivity index (χ0) is 20.2. The monoisotopic (exact) mass is 413 g/mol. The van der Waals surface area contributed by atoms with Gasteiger partial charge in [-0.1, -0.05) is 23.5 Å². The fourth-order valence-electron chi connectivity index (χ4n) is 3.00. The molecule has 0 fully saturated rings. The van der Waals surface area contributed by atoms with Crippen molar-refractivity contribution in [1.82, 2.24) is 9.38 Å². The summed E-state index contributed by atoms with van der Waals surface area (Å²) in [7, 11) is 3.30. The molecular weight excluding hydrogens is 390 g/mol. The third-order valence-corrected chi connectivity index (χ3v) is 5.47. The Morgan fingerprint density at radius 1 is 0.931 bits per heavy atom. The van der Waals surface area contributed by atoms with Crippen molar-refractivity contribution in [3.63, 3.8) is 0 Å². The van der Waals surface area contributed by atoms with Gasteiger partial charge in [-0.2, -0.15) is 0 Å². The quantitative estimate of drug-likeness (QED) is 0.332. The van der Waals surface area contributed by atoms with Gasteiger partial charge in [0.25, 0.3) is 0 Å². The van der Waals surface area contributed by atoms with E-state index in [9.17, 15) is 0 Å². The molecule has 2 N–H and O–H groups in total. The number of aromatic nitrogens is 2. The van der Waals surface area contributed by atoms with E-state index in [-0.39, 0.29) is 0 Å². The van der Waals surface area contributed by atoms with Crippen LogP contribution in [0.3, 0.4) is 0 Å². The van der Waals surface area contributed by atoms with Gasteiger partial charge in [-0.25, -0.2) is 4.98 Å². The SMILES string of the molecule is COCCOc1cc2sc3nc(-c4ccc(N)cc4)cn3c2cc1OCCOC. The normalized spacial score (nSPS) is 11.4. The summed E-state index contributed by atoms with van der Waals surface area (Å²) < 4.78 is 25.1. The van der Waals surface area contributed by atoms with Gasteiger partial charge in [0.15, 0.2) is 16.5 Å². The Labute approximate surface area is 172 Å². The van der Waals surface area contributed by atoms with E-state index in [0.29, 0.717) is 37.9 Å². The molecule has 0 aliphatic rings. The van der Waals surface area contributed by atoms with Crippen LogP contribution in [-0.4, -0.2) is 50.0 Å². The lowest BCUT2D eigenvalue weighted by Gasteiger charge is -2.13. The summed E-state index contributed by atoms with van der Waals surface area (Å²) in [5.74, 6) is 1.36. The lowest BCUT2D eigenvalue weighted by Crippen LogP contribution is -2.08. The molecule has 0 aliphatic heterocycles. The smallest absolute Gasteiger partial charge is 0.195 e. The van der Waals surface area contributed by atoms with Crippen molar-refractivity contribution in [1.29, 1.82) is 0 Å². The molecule has 7 nitrogen and oxygen atoms in total. The predicted octanol–water partition coefficient (Wildman–Crippen LogP) is 3.85. The summed E-state index contributed by atoms with van der Waals surface area (Å²) >= 11 is 1.61. The van der Waals surface area contributed by atoms with Gasteiger partial charge in [-0.3, -0.25) is 4.40 Å². The van der Waals surface area contributed by atoms with Gasteiger partial charge >= 0.3 is 0 Å². The predicted molar refractivity (Wildman–Crippen MR) is 115 cm³/mol. The zero-order valence-electron chi connectivity index (χ0n) is 16.4. The van der Waals surface area contributed by atoms with Crippen LogP contribution in [0.25, 0.3) is 26.4 Å². The van der Waals surface area contributed by atoms with E-state index < -0.39 is 0 Å². The number of thiazole rings is 1. The summed E-state index contributed by atoms with van der Waals surface area (Å²) in [5.41, 5.74) is 9.48. The Balaban J connectivity index is 1.72. The van der Waals surface area contributed by atoms with Gasteiger partial charge in [0.05, 0.1) is 29.1 Å². The maximum absolute atomic E-state index is 5.91. The number of hydrogen-bond acceptors (Lipinski definition) is 7. The number of methoxy groups -OCH3 is 2. The van der Waals surface area contributed by atoms with Crippen LogP contribution in [-0.2, 0) is 9.47 Å². The Kier molecular flexibility index (Phi) is 5.84. The minimum atomic E-state index is 0.441. The first kappa shape index (κ1) is 19.5. The number of nitrogens with zero attached hydrogens (tertiary/aromatic N) is 2. The summed E-state index contributed by atoms with van der Waals surface area (Å²) in [4.78, 5) is 5.69. The molecule has 0 aliphatic carbocycles. The second kappa shape index (κ2) is 8.69. The highest BCUT2D eigenvalue weighted by Crippen LogP contribution is 2.37. The van der Waals surface area contributed by atoms with E-state index in [1.54, 1.807) is 25.6 Å². The second-order valence-corrected chi connectivity index (χ2v) is 7.46. The third-order valence-electron chi connectivity index (χ3n) is 4.46. The van der Waals surface area contributed by atoms with Crippen molar-refractivity contribution in [3.05, 3.63) is 42.6 Å². The zero-order valence-corrected chi connectivity index (χ0v) is 17.2. The molecule has 0 spiro atoms. The number of nitrogen functional groups attached to an aromatic ring is 1. The first-order chi connectivity index (χ1) is 14.2. The summed E-state index contributed by atoms with van der Waals surface area (Å²) in [6.07, 6.45) is 2.03. The highest BCUT2D eigenvalue weighted by Gasteiger charge is 2.15. The fourth-order valence-corrected chi connectivity index (χ4v) is 4.01. The molecular formula is C21H23N3O4S. The molecule has 4 aromatic rings. The number of ether oxygens (including phenoxy) is 4. The minimum absolute atomic E-state index is 0.441. The molecule has 2 heterocycles. The molecule has 0 unspecified atom stereocenters. The molecule has 8 heteroatoms. The van der Waals surface area contributed by atoms with Gasteiger partial charge in [0.1, 0.15) is 13.2 Å². The lowest BCUT2D eigenvalue weighted by molar-refractivity contribution is 0.132. The number of rotatable bonds is 9. The second-order valence-electron chi connectivity index (χ2n) is 6.45. The van der Waals surface area contributed by atoms with Crippen molar-refractivity contribution in [3.8, 4) is 22.8 Å². The van der Waals surface area contributed by atoms with E-state index in [1.165, 1.54) is 0 Å². The highest BCUT2D eigenvalue weighted by atomic mass is 32.1. The molecule has 0 radical (unpaired) electrons. The van der Waals surface area contributed by atoms with E-state index in [1.807, 2.05) is 42.6 Å². The van der Waals surface area contributed by atoms with Crippen LogP contribution in [0, 0.1) is 0 Å². The number of imidazole rings is 1. The number of benzene rings is 2. The summed E-state index contributed by atoms with van der Waals surface area (Å²) in [6, 6.07) is 11.7. The molecule has 4 rings (SSSR count). The van der Waals surface area contributed by atoms with Crippen molar-refractivity contribution in [2.24, 2.45) is 0 Å². The van der Waals surface area contributed by atoms with Gasteiger partial charge in [-0.05, 0) is 12.1 Å². The van der Waals surface area contributed by atoms with Crippen molar-refractivity contribution < 1.29 is 18.9 Å². The average molecular weight is 413 g/mol. The molecule has 29 heavy (non-hydrogen) atoms. The molecule has 152 valence electrons. The van der Waals surface area contributed by atoms with Gasteiger partial charge in [-0.15, -0.1) is 0 Å². The summed E-state index contributed by atoms with van der Waals surface area (Å²) in [6.45, 7) is 1.90. The molecule has 2 aromatic heterocycles. The third kappa shape index (κ3) is 4.14. The lowest BCUT2D eigenvalue weighted by atomic mass is 10.1. The van der Waals surface area contributed by atoms with Crippen LogP contribution in [0.15, 0.2) is 42.6 Å². The van der Waals surface area contributed by atoms with Crippen molar-refractivity contribution in [2.75, 3.05) is 46.4 Å². The molecule has 0 atom stereocenters. The van der Waals surface area contributed by atoms with Gasteiger partial charge in [0.2, 0.25) is 0 Å². The molecule has 0 amide bonds. The van der Waals surface area contributed by atoms with Crippen molar-refractivity contribution in [2.45, 2.75) is 0 Å². The fraction of sp³-hybridized carbons (Fsp3) is 0.286. The van der Waals surface area contributed by atoms with Crippen LogP contribution < -0.4 is 15.2 Å². The first-order valence-corrected chi connectivity index (χ1v) is 10.1. The van der Waals surface area contributed by atoms with E-state index in [4.69, 9.17) is 29.7 Å². The average Bonchev–Trinajstić information content (AvgIpc) is 3.27. The maximum Gasteiger partial charge on any atom is 0.195 e. The van der Waals surface area contributed by atoms with E-state index in [0.717, 1.165) is 32.1 Å². The van der Waals surface area contributed by atoms with Crippen LogP contribution in [0.2, 0.25) is 0 Å². The number of anilines is 1.